The fourth-order valence-electron chi connectivity index (χ4n) is 3.53. The van der Waals surface area contributed by atoms with Gasteiger partial charge in [-0.05, 0) is 43.1 Å². The maximum absolute atomic E-state index is 12.6. The van der Waals surface area contributed by atoms with E-state index in [1.54, 1.807) is 0 Å². The standard InChI is InChI=1S/C23H29ClN2O2/c1-3-26(4-2)13-14-28-22-12-8-5-9-17(22)16-25-23(27)20-15-19(20)18-10-6-7-11-21(18)24/h5-12,19-20H,3-4,13-16H2,1-2H3,(H,25,27). The van der Waals surface area contributed by atoms with E-state index in [1.165, 1.54) is 0 Å². The molecule has 5 heteroatoms. The molecule has 0 spiro atoms. The monoisotopic (exact) mass is 400 g/mol. The van der Waals surface area contributed by atoms with Crippen molar-refractivity contribution in [2.24, 2.45) is 5.92 Å². The smallest absolute Gasteiger partial charge is 0.224 e. The second-order valence-electron chi connectivity index (χ2n) is 7.17. The first kappa shape index (κ1) is 20.7. The molecule has 2 aromatic carbocycles. The summed E-state index contributed by atoms with van der Waals surface area (Å²) >= 11 is 6.26. The molecule has 3 rings (SSSR count). The van der Waals surface area contributed by atoms with Crippen LogP contribution in [0.2, 0.25) is 5.02 Å². The minimum Gasteiger partial charge on any atom is -0.492 e. The molecule has 0 aromatic heterocycles. The summed E-state index contributed by atoms with van der Waals surface area (Å²) in [4.78, 5) is 14.9. The third kappa shape index (κ3) is 5.27. The summed E-state index contributed by atoms with van der Waals surface area (Å²) < 4.78 is 5.98. The lowest BCUT2D eigenvalue weighted by molar-refractivity contribution is -0.122. The molecule has 0 radical (unpaired) electrons. The van der Waals surface area contributed by atoms with Gasteiger partial charge >= 0.3 is 0 Å². The molecule has 2 atom stereocenters. The summed E-state index contributed by atoms with van der Waals surface area (Å²) in [6, 6.07) is 15.7. The Morgan fingerprint density at radius 1 is 1.14 bits per heavy atom. The molecule has 150 valence electrons. The van der Waals surface area contributed by atoms with E-state index in [0.29, 0.717) is 13.2 Å². The number of nitrogens with one attached hydrogen (secondary N) is 1. The molecule has 1 saturated carbocycles. The maximum atomic E-state index is 12.6. The number of hydrogen-bond acceptors (Lipinski definition) is 3. The van der Waals surface area contributed by atoms with Crippen LogP contribution in [0.3, 0.4) is 0 Å². The minimum absolute atomic E-state index is 0.00986. The van der Waals surface area contributed by atoms with E-state index < -0.39 is 0 Å². The number of likely N-dealkylation sites (N-methyl/N-ethyl adjacent to an activating group) is 1. The van der Waals surface area contributed by atoms with Crippen molar-refractivity contribution in [3.63, 3.8) is 0 Å². The Morgan fingerprint density at radius 2 is 1.86 bits per heavy atom. The zero-order valence-electron chi connectivity index (χ0n) is 16.7. The summed E-state index contributed by atoms with van der Waals surface area (Å²) in [5.74, 6) is 1.17. The van der Waals surface area contributed by atoms with Crippen molar-refractivity contribution in [1.29, 1.82) is 0 Å². The van der Waals surface area contributed by atoms with Gasteiger partial charge in [0.2, 0.25) is 5.91 Å². The van der Waals surface area contributed by atoms with Gasteiger partial charge in [-0.25, -0.2) is 0 Å². The molecular weight excluding hydrogens is 372 g/mol. The zero-order chi connectivity index (χ0) is 19.9. The molecule has 2 unspecified atom stereocenters. The fraction of sp³-hybridized carbons (Fsp3) is 0.435. The average Bonchev–Trinajstić information content (AvgIpc) is 3.51. The number of hydrogen-bond donors (Lipinski definition) is 1. The molecule has 0 aliphatic heterocycles. The summed E-state index contributed by atoms with van der Waals surface area (Å²) in [6.07, 6.45) is 0.859. The van der Waals surface area contributed by atoms with Crippen LogP contribution in [0.25, 0.3) is 0 Å². The first-order chi connectivity index (χ1) is 13.6. The van der Waals surface area contributed by atoms with Crippen LogP contribution in [0, 0.1) is 5.92 Å². The molecule has 28 heavy (non-hydrogen) atoms. The molecule has 4 nitrogen and oxygen atoms in total. The van der Waals surface area contributed by atoms with Crippen LogP contribution in [0.4, 0.5) is 0 Å². The van der Waals surface area contributed by atoms with Gasteiger partial charge in [0.25, 0.3) is 0 Å². The van der Waals surface area contributed by atoms with Crippen molar-refractivity contribution < 1.29 is 9.53 Å². The largest absolute Gasteiger partial charge is 0.492 e. The third-order valence-corrected chi connectivity index (χ3v) is 5.76. The third-order valence-electron chi connectivity index (χ3n) is 5.42. The van der Waals surface area contributed by atoms with E-state index in [2.05, 4.69) is 24.1 Å². The predicted octanol–water partition coefficient (Wildman–Crippen LogP) is 4.48. The number of rotatable bonds is 10. The number of ether oxygens (including phenoxy) is 1. The lowest BCUT2D eigenvalue weighted by Gasteiger charge is -2.19. The average molecular weight is 401 g/mol. The Morgan fingerprint density at radius 3 is 2.61 bits per heavy atom. The number of para-hydroxylation sites is 1. The van der Waals surface area contributed by atoms with Gasteiger partial charge in [-0.3, -0.25) is 4.79 Å². The van der Waals surface area contributed by atoms with Crippen LogP contribution < -0.4 is 10.1 Å². The number of nitrogens with zero attached hydrogens (tertiary/aromatic N) is 1. The first-order valence-electron chi connectivity index (χ1n) is 10.1. The van der Waals surface area contributed by atoms with E-state index in [9.17, 15) is 4.79 Å². The highest BCUT2D eigenvalue weighted by Gasteiger charge is 2.44. The van der Waals surface area contributed by atoms with Crippen molar-refractivity contribution in [1.82, 2.24) is 10.2 Å². The highest BCUT2D eigenvalue weighted by molar-refractivity contribution is 6.31. The maximum Gasteiger partial charge on any atom is 0.224 e. The van der Waals surface area contributed by atoms with Crippen molar-refractivity contribution in [2.45, 2.75) is 32.7 Å². The highest BCUT2D eigenvalue weighted by Crippen LogP contribution is 2.49. The summed E-state index contributed by atoms with van der Waals surface area (Å²) in [6.45, 7) is 8.36. The summed E-state index contributed by atoms with van der Waals surface area (Å²) in [5, 5.41) is 3.81. The molecule has 1 N–H and O–H groups in total. The molecule has 1 aliphatic rings. The SMILES string of the molecule is CCN(CC)CCOc1ccccc1CNC(=O)C1CC1c1ccccc1Cl. The minimum atomic E-state index is 0.00986. The van der Waals surface area contributed by atoms with Gasteiger partial charge in [0, 0.05) is 29.6 Å². The van der Waals surface area contributed by atoms with E-state index in [1.807, 2.05) is 48.5 Å². The van der Waals surface area contributed by atoms with E-state index >= 15 is 0 Å². The molecule has 0 bridgehead atoms. The van der Waals surface area contributed by atoms with Crippen molar-refractivity contribution in [2.75, 3.05) is 26.2 Å². The quantitative estimate of drug-likeness (QED) is 0.639. The topological polar surface area (TPSA) is 41.6 Å². The van der Waals surface area contributed by atoms with Gasteiger partial charge < -0.3 is 15.0 Å². The van der Waals surface area contributed by atoms with Gasteiger partial charge in [0.1, 0.15) is 12.4 Å². The molecule has 1 fully saturated rings. The summed E-state index contributed by atoms with van der Waals surface area (Å²) in [7, 11) is 0. The zero-order valence-corrected chi connectivity index (χ0v) is 17.4. The van der Waals surface area contributed by atoms with E-state index in [0.717, 1.165) is 48.0 Å². The lowest BCUT2D eigenvalue weighted by atomic mass is 10.1. The number of carbonyl (C=O) groups is 1. The van der Waals surface area contributed by atoms with Crippen molar-refractivity contribution in [3.05, 3.63) is 64.7 Å². The van der Waals surface area contributed by atoms with E-state index in [4.69, 9.17) is 16.3 Å². The number of amides is 1. The van der Waals surface area contributed by atoms with Gasteiger partial charge in [-0.2, -0.15) is 0 Å². The van der Waals surface area contributed by atoms with E-state index in [-0.39, 0.29) is 17.7 Å². The molecule has 1 amide bonds. The Kier molecular flexibility index (Phi) is 7.35. The molecular formula is C23H29ClN2O2. The molecule has 1 aliphatic carbocycles. The van der Waals surface area contributed by atoms with Crippen molar-refractivity contribution >= 4 is 17.5 Å². The Balaban J connectivity index is 1.51. The van der Waals surface area contributed by atoms with Crippen LogP contribution in [0.1, 0.15) is 37.3 Å². The molecule has 0 heterocycles. The van der Waals surface area contributed by atoms with Gasteiger partial charge in [0.15, 0.2) is 0 Å². The van der Waals surface area contributed by atoms with Crippen LogP contribution >= 0.6 is 11.6 Å². The second kappa shape index (κ2) is 9.94. The van der Waals surface area contributed by atoms with Gasteiger partial charge in [-0.15, -0.1) is 0 Å². The van der Waals surface area contributed by atoms with Crippen LogP contribution in [0.15, 0.2) is 48.5 Å². The Hall–Kier alpha value is -2.04. The van der Waals surface area contributed by atoms with Crippen LogP contribution in [0.5, 0.6) is 5.75 Å². The highest BCUT2D eigenvalue weighted by atomic mass is 35.5. The van der Waals surface area contributed by atoms with Crippen molar-refractivity contribution in [3.8, 4) is 5.75 Å². The fourth-order valence-corrected chi connectivity index (χ4v) is 3.81. The summed E-state index contributed by atoms with van der Waals surface area (Å²) in [5.41, 5.74) is 2.08. The number of halogens is 1. The molecule has 0 saturated heterocycles. The van der Waals surface area contributed by atoms with Gasteiger partial charge in [-0.1, -0.05) is 61.8 Å². The predicted molar refractivity (Wildman–Crippen MR) is 114 cm³/mol. The van der Waals surface area contributed by atoms with Gasteiger partial charge in [0.05, 0.1) is 0 Å². The second-order valence-corrected chi connectivity index (χ2v) is 7.58. The first-order valence-corrected chi connectivity index (χ1v) is 10.5. The number of carbonyl (C=O) groups excluding carboxylic acids is 1. The Labute approximate surface area is 172 Å². The number of benzene rings is 2. The lowest BCUT2D eigenvalue weighted by Crippen LogP contribution is -2.28. The van der Waals surface area contributed by atoms with Crippen LogP contribution in [-0.4, -0.2) is 37.0 Å². The Bertz CT molecular complexity index is 792. The molecule has 2 aromatic rings. The normalized spacial score (nSPS) is 18.1. The van der Waals surface area contributed by atoms with Crippen LogP contribution in [-0.2, 0) is 11.3 Å².